The molecule has 1 atom stereocenters. The fourth-order valence-electron chi connectivity index (χ4n) is 3.14. The molecule has 1 aliphatic rings. The van der Waals surface area contributed by atoms with Gasteiger partial charge in [0.25, 0.3) is 0 Å². The zero-order valence-electron chi connectivity index (χ0n) is 15.9. The second-order valence-corrected chi connectivity index (χ2v) is 11.4. The molecule has 6 nitrogen and oxygen atoms in total. The van der Waals surface area contributed by atoms with E-state index in [1.54, 1.807) is 35.6 Å². The highest BCUT2D eigenvalue weighted by Crippen LogP contribution is 2.32. The standard InChI is InChI=1S/C20H21N3O3S3/c1-14(27-20-22-17-6-2-3-7-18(17)28-20)19(24)21-15-8-10-16(11-9-15)29(25,26)23-12-4-5-13-23/h2-3,6-11,14H,4-5,12-13H2,1H3,(H,21,24)/t14-/m1/s1. The van der Waals surface area contributed by atoms with Crippen molar-refractivity contribution in [1.29, 1.82) is 0 Å². The van der Waals surface area contributed by atoms with Gasteiger partial charge in [-0.05, 0) is 56.2 Å². The van der Waals surface area contributed by atoms with Crippen LogP contribution in [0, 0.1) is 0 Å². The Bertz CT molecular complexity index is 1090. The highest BCUT2D eigenvalue weighted by Gasteiger charge is 2.27. The largest absolute Gasteiger partial charge is 0.325 e. The quantitative estimate of drug-likeness (QED) is 0.573. The van der Waals surface area contributed by atoms with Crippen LogP contribution in [0.3, 0.4) is 0 Å². The summed E-state index contributed by atoms with van der Waals surface area (Å²) in [5, 5.41) is 2.52. The number of carbonyl (C=O) groups excluding carboxylic acids is 1. The van der Waals surface area contributed by atoms with E-state index in [2.05, 4.69) is 10.3 Å². The van der Waals surface area contributed by atoms with E-state index in [9.17, 15) is 13.2 Å². The van der Waals surface area contributed by atoms with Gasteiger partial charge in [-0.15, -0.1) is 11.3 Å². The summed E-state index contributed by atoms with van der Waals surface area (Å²) in [6.45, 7) is 2.97. The molecule has 2 aromatic carbocycles. The van der Waals surface area contributed by atoms with Crippen LogP contribution < -0.4 is 5.32 Å². The molecule has 1 N–H and O–H groups in total. The summed E-state index contributed by atoms with van der Waals surface area (Å²) in [4.78, 5) is 17.3. The Morgan fingerprint density at radius 2 is 1.83 bits per heavy atom. The van der Waals surface area contributed by atoms with E-state index in [0.29, 0.717) is 18.8 Å². The zero-order chi connectivity index (χ0) is 20.4. The van der Waals surface area contributed by atoms with Crippen molar-refractivity contribution < 1.29 is 13.2 Å². The predicted molar refractivity (Wildman–Crippen MR) is 118 cm³/mol. The number of aromatic nitrogens is 1. The minimum absolute atomic E-state index is 0.149. The molecule has 0 aliphatic carbocycles. The monoisotopic (exact) mass is 447 g/mol. The number of nitrogens with zero attached hydrogens (tertiary/aromatic N) is 2. The molecule has 0 saturated carbocycles. The summed E-state index contributed by atoms with van der Waals surface area (Å²) < 4.78 is 28.6. The molecule has 1 amide bonds. The molecule has 152 valence electrons. The van der Waals surface area contributed by atoms with Gasteiger partial charge in [-0.25, -0.2) is 13.4 Å². The molecule has 29 heavy (non-hydrogen) atoms. The van der Waals surface area contributed by atoms with Gasteiger partial charge in [0.2, 0.25) is 15.9 Å². The summed E-state index contributed by atoms with van der Waals surface area (Å²) in [5.74, 6) is -0.149. The predicted octanol–water partition coefficient (Wildman–Crippen LogP) is 4.20. The number of thioether (sulfide) groups is 1. The number of benzene rings is 2. The SMILES string of the molecule is C[C@@H](Sc1nc2ccccc2s1)C(=O)Nc1ccc(S(=O)(=O)N2CCCC2)cc1. The van der Waals surface area contributed by atoms with Gasteiger partial charge in [-0.2, -0.15) is 4.31 Å². The van der Waals surface area contributed by atoms with E-state index in [1.165, 1.54) is 16.1 Å². The third-order valence-electron chi connectivity index (χ3n) is 4.75. The van der Waals surface area contributed by atoms with Gasteiger partial charge >= 0.3 is 0 Å². The summed E-state index contributed by atoms with van der Waals surface area (Å²) in [6.07, 6.45) is 1.80. The van der Waals surface area contributed by atoms with Gasteiger partial charge in [0.15, 0.2) is 4.34 Å². The van der Waals surface area contributed by atoms with Crippen molar-refractivity contribution in [3.8, 4) is 0 Å². The highest BCUT2D eigenvalue weighted by atomic mass is 32.2. The van der Waals surface area contributed by atoms with Gasteiger partial charge in [-0.3, -0.25) is 4.79 Å². The Labute approximate surface area is 178 Å². The minimum atomic E-state index is -3.44. The molecule has 0 spiro atoms. The Morgan fingerprint density at radius 3 is 2.52 bits per heavy atom. The fraction of sp³-hybridized carbons (Fsp3) is 0.300. The van der Waals surface area contributed by atoms with Crippen molar-refractivity contribution in [1.82, 2.24) is 9.29 Å². The normalized spacial score (nSPS) is 16.2. The number of carbonyl (C=O) groups is 1. The Kier molecular flexibility index (Phi) is 5.91. The maximum absolute atomic E-state index is 12.6. The molecule has 1 aliphatic heterocycles. The topological polar surface area (TPSA) is 79.4 Å². The number of amides is 1. The van der Waals surface area contributed by atoms with Crippen molar-refractivity contribution in [2.24, 2.45) is 0 Å². The second kappa shape index (κ2) is 8.43. The van der Waals surface area contributed by atoms with Crippen LogP contribution in [0.4, 0.5) is 5.69 Å². The summed E-state index contributed by atoms with van der Waals surface area (Å²) in [6, 6.07) is 14.3. The van der Waals surface area contributed by atoms with Crippen LogP contribution in [0.15, 0.2) is 57.8 Å². The molecule has 0 radical (unpaired) electrons. The number of fused-ring (bicyclic) bond motifs is 1. The van der Waals surface area contributed by atoms with Crippen LogP contribution in [0.2, 0.25) is 0 Å². The molecule has 0 bridgehead atoms. The van der Waals surface area contributed by atoms with Crippen LogP contribution in [0.5, 0.6) is 0 Å². The first-order valence-corrected chi connectivity index (χ1v) is 12.5. The number of rotatable bonds is 6. The Hall–Kier alpha value is -1.94. The summed E-state index contributed by atoms with van der Waals surface area (Å²) in [7, 11) is -3.44. The Balaban J connectivity index is 1.39. The van der Waals surface area contributed by atoms with E-state index >= 15 is 0 Å². The van der Waals surface area contributed by atoms with E-state index < -0.39 is 10.0 Å². The van der Waals surface area contributed by atoms with Crippen molar-refractivity contribution in [2.45, 2.75) is 34.3 Å². The van der Waals surface area contributed by atoms with Crippen LogP contribution >= 0.6 is 23.1 Å². The van der Waals surface area contributed by atoms with Gasteiger partial charge < -0.3 is 5.32 Å². The number of sulfonamides is 1. The van der Waals surface area contributed by atoms with E-state index in [1.807, 2.05) is 31.2 Å². The van der Waals surface area contributed by atoms with Gasteiger partial charge in [0.1, 0.15) is 0 Å². The van der Waals surface area contributed by atoms with Gasteiger partial charge in [-0.1, -0.05) is 23.9 Å². The molecule has 2 heterocycles. The van der Waals surface area contributed by atoms with Crippen molar-refractivity contribution in [3.63, 3.8) is 0 Å². The number of nitrogens with one attached hydrogen (secondary N) is 1. The zero-order valence-corrected chi connectivity index (χ0v) is 18.3. The number of anilines is 1. The summed E-state index contributed by atoms with van der Waals surface area (Å²) in [5.41, 5.74) is 1.51. The molecular formula is C20H21N3O3S3. The Morgan fingerprint density at radius 1 is 1.14 bits per heavy atom. The lowest BCUT2D eigenvalue weighted by Crippen LogP contribution is -2.27. The van der Waals surface area contributed by atoms with E-state index in [-0.39, 0.29) is 16.1 Å². The third kappa shape index (κ3) is 4.48. The molecule has 1 aromatic heterocycles. The van der Waals surface area contributed by atoms with Crippen LogP contribution in [0.25, 0.3) is 10.2 Å². The maximum atomic E-state index is 12.6. The molecular weight excluding hydrogens is 426 g/mol. The van der Waals surface area contributed by atoms with E-state index in [4.69, 9.17) is 0 Å². The first-order chi connectivity index (χ1) is 13.9. The molecule has 1 saturated heterocycles. The maximum Gasteiger partial charge on any atom is 0.243 e. The summed E-state index contributed by atoms with van der Waals surface area (Å²) >= 11 is 2.98. The van der Waals surface area contributed by atoms with E-state index in [0.717, 1.165) is 27.4 Å². The molecule has 4 rings (SSSR count). The van der Waals surface area contributed by atoms with Crippen LogP contribution in [-0.4, -0.2) is 42.0 Å². The number of hydrogen-bond acceptors (Lipinski definition) is 6. The van der Waals surface area contributed by atoms with Crippen LogP contribution in [0.1, 0.15) is 19.8 Å². The lowest BCUT2D eigenvalue weighted by atomic mass is 10.3. The molecule has 0 unspecified atom stereocenters. The number of para-hydroxylation sites is 1. The molecule has 3 aromatic rings. The average Bonchev–Trinajstić information content (AvgIpc) is 3.38. The average molecular weight is 448 g/mol. The van der Waals surface area contributed by atoms with Crippen molar-refractivity contribution in [3.05, 3.63) is 48.5 Å². The fourth-order valence-corrected chi connectivity index (χ4v) is 6.87. The number of thiazole rings is 1. The lowest BCUT2D eigenvalue weighted by molar-refractivity contribution is -0.115. The van der Waals surface area contributed by atoms with Gasteiger partial charge in [0, 0.05) is 18.8 Å². The smallest absolute Gasteiger partial charge is 0.243 e. The lowest BCUT2D eigenvalue weighted by Gasteiger charge is -2.16. The molecule has 9 heteroatoms. The number of hydrogen-bond donors (Lipinski definition) is 1. The third-order valence-corrected chi connectivity index (χ3v) is 8.89. The second-order valence-electron chi connectivity index (χ2n) is 6.83. The minimum Gasteiger partial charge on any atom is -0.325 e. The highest BCUT2D eigenvalue weighted by molar-refractivity contribution is 8.02. The first kappa shape index (κ1) is 20.3. The first-order valence-electron chi connectivity index (χ1n) is 9.37. The van der Waals surface area contributed by atoms with Crippen LogP contribution in [-0.2, 0) is 14.8 Å². The molecule has 1 fully saturated rings. The van der Waals surface area contributed by atoms with Crippen molar-refractivity contribution in [2.75, 3.05) is 18.4 Å². The van der Waals surface area contributed by atoms with Crippen molar-refractivity contribution >= 4 is 54.9 Å². The van der Waals surface area contributed by atoms with Gasteiger partial charge in [0.05, 0.1) is 20.4 Å².